The Morgan fingerprint density at radius 3 is 2.90 bits per heavy atom. The van der Waals surface area contributed by atoms with Gasteiger partial charge in [0.15, 0.2) is 5.13 Å². The van der Waals surface area contributed by atoms with Crippen LogP contribution in [0, 0.1) is 5.92 Å². The largest absolute Gasteiger partial charge is 0.375 e. The van der Waals surface area contributed by atoms with Crippen molar-refractivity contribution in [1.82, 2.24) is 9.88 Å². The van der Waals surface area contributed by atoms with Crippen molar-refractivity contribution in [3.8, 4) is 0 Å². The quantitative estimate of drug-likeness (QED) is 0.928. The number of likely N-dealkylation sites (tertiary alicyclic amines) is 1. The van der Waals surface area contributed by atoms with E-state index < -0.39 is 0 Å². The Kier molecular flexibility index (Phi) is 4.22. The van der Waals surface area contributed by atoms with Gasteiger partial charge in [0.25, 0.3) is 0 Å². The fourth-order valence-electron chi connectivity index (χ4n) is 3.18. The van der Waals surface area contributed by atoms with Crippen LogP contribution in [0.1, 0.15) is 38.2 Å². The van der Waals surface area contributed by atoms with Crippen molar-refractivity contribution in [2.24, 2.45) is 5.92 Å². The molecule has 1 aliphatic heterocycles. The van der Waals surface area contributed by atoms with Crippen molar-refractivity contribution in [3.63, 3.8) is 0 Å². The van der Waals surface area contributed by atoms with Crippen molar-refractivity contribution in [1.29, 1.82) is 0 Å². The average Bonchev–Trinajstić information content (AvgIpc) is 2.81. The number of thiazole rings is 1. The lowest BCUT2D eigenvalue weighted by Crippen LogP contribution is -2.33. The smallest absolute Gasteiger partial charge is 0.181 e. The Bertz CT molecular complexity index is 570. The molecule has 1 fully saturated rings. The van der Waals surface area contributed by atoms with Crippen LogP contribution in [0.25, 0.3) is 10.2 Å². The van der Waals surface area contributed by atoms with E-state index in [1.165, 1.54) is 49.0 Å². The van der Waals surface area contributed by atoms with Gasteiger partial charge < -0.3 is 5.73 Å². The highest BCUT2D eigenvalue weighted by molar-refractivity contribution is 7.22. The lowest BCUT2D eigenvalue weighted by atomic mass is 9.92. The van der Waals surface area contributed by atoms with E-state index in [-0.39, 0.29) is 0 Å². The summed E-state index contributed by atoms with van der Waals surface area (Å²) in [6.45, 7) is 5.84. The van der Waals surface area contributed by atoms with Crippen molar-refractivity contribution in [3.05, 3.63) is 23.8 Å². The molecule has 108 valence electrons. The minimum atomic E-state index is 0.664. The van der Waals surface area contributed by atoms with Gasteiger partial charge in [-0.05, 0) is 49.5 Å². The first-order valence-electron chi connectivity index (χ1n) is 7.62. The summed E-state index contributed by atoms with van der Waals surface area (Å²) in [5.41, 5.74) is 8.18. The Labute approximate surface area is 124 Å². The molecule has 1 saturated heterocycles. The Balaban J connectivity index is 1.62. The van der Waals surface area contributed by atoms with Crippen molar-refractivity contribution in [2.45, 2.75) is 39.2 Å². The number of piperidine rings is 1. The van der Waals surface area contributed by atoms with E-state index in [1.807, 2.05) is 0 Å². The van der Waals surface area contributed by atoms with Gasteiger partial charge in [-0.25, -0.2) is 4.98 Å². The molecule has 0 spiro atoms. The molecule has 1 aromatic heterocycles. The fourth-order valence-corrected chi connectivity index (χ4v) is 3.98. The topological polar surface area (TPSA) is 42.2 Å². The van der Waals surface area contributed by atoms with Gasteiger partial charge in [-0.3, -0.25) is 4.90 Å². The van der Waals surface area contributed by atoms with Gasteiger partial charge in [-0.2, -0.15) is 0 Å². The number of rotatable bonds is 4. The maximum atomic E-state index is 5.77. The number of hydrogen-bond donors (Lipinski definition) is 1. The molecule has 0 unspecified atom stereocenters. The second kappa shape index (κ2) is 6.10. The summed E-state index contributed by atoms with van der Waals surface area (Å²) < 4.78 is 1.21. The second-order valence-electron chi connectivity index (χ2n) is 5.86. The molecule has 2 aromatic rings. The number of nitrogen functional groups attached to an aromatic ring is 1. The Hall–Kier alpha value is -1.13. The predicted molar refractivity (Wildman–Crippen MR) is 86.9 cm³/mol. The van der Waals surface area contributed by atoms with Crippen molar-refractivity contribution >= 4 is 26.7 Å². The SMILES string of the molecule is CCCC1CCN(Cc2ccc3nc(N)sc3c2)CC1. The van der Waals surface area contributed by atoms with Gasteiger partial charge in [0.1, 0.15) is 0 Å². The maximum Gasteiger partial charge on any atom is 0.181 e. The van der Waals surface area contributed by atoms with E-state index in [2.05, 4.69) is 35.0 Å². The van der Waals surface area contributed by atoms with Gasteiger partial charge in [0.2, 0.25) is 0 Å². The average molecular weight is 289 g/mol. The predicted octanol–water partition coefficient (Wildman–Crippen LogP) is 3.89. The highest BCUT2D eigenvalue weighted by Gasteiger charge is 2.18. The molecular weight excluding hydrogens is 266 g/mol. The maximum absolute atomic E-state index is 5.77. The zero-order chi connectivity index (χ0) is 13.9. The summed E-state index contributed by atoms with van der Waals surface area (Å²) in [4.78, 5) is 6.90. The van der Waals surface area contributed by atoms with Crippen LogP contribution in [0.4, 0.5) is 5.13 Å². The third-order valence-electron chi connectivity index (χ3n) is 4.28. The van der Waals surface area contributed by atoms with Gasteiger partial charge in [0.05, 0.1) is 10.2 Å². The minimum absolute atomic E-state index is 0.664. The van der Waals surface area contributed by atoms with Crippen molar-refractivity contribution < 1.29 is 0 Å². The van der Waals surface area contributed by atoms with Crippen LogP contribution in [0.2, 0.25) is 0 Å². The third-order valence-corrected chi connectivity index (χ3v) is 5.13. The molecule has 4 heteroatoms. The number of fused-ring (bicyclic) bond motifs is 1. The summed E-state index contributed by atoms with van der Waals surface area (Å²) in [5, 5.41) is 0.664. The number of anilines is 1. The van der Waals surface area contributed by atoms with Crippen LogP contribution in [0.3, 0.4) is 0 Å². The normalized spacial score (nSPS) is 17.9. The zero-order valence-corrected chi connectivity index (χ0v) is 13.0. The molecule has 0 bridgehead atoms. The van der Waals surface area contributed by atoms with Crippen LogP contribution in [-0.2, 0) is 6.54 Å². The molecule has 3 rings (SSSR count). The minimum Gasteiger partial charge on any atom is -0.375 e. The number of aromatic nitrogens is 1. The standard InChI is InChI=1S/C16H23N3S/c1-2-3-12-6-8-19(9-7-12)11-13-4-5-14-15(10-13)20-16(17)18-14/h4-5,10,12H,2-3,6-9,11H2,1H3,(H2,17,18). The monoisotopic (exact) mass is 289 g/mol. The summed E-state index contributed by atoms with van der Waals surface area (Å²) in [7, 11) is 0. The fraction of sp³-hybridized carbons (Fsp3) is 0.562. The van der Waals surface area contributed by atoms with Gasteiger partial charge in [0, 0.05) is 6.54 Å². The van der Waals surface area contributed by atoms with Gasteiger partial charge >= 0.3 is 0 Å². The van der Waals surface area contributed by atoms with E-state index in [1.54, 1.807) is 11.3 Å². The first-order chi connectivity index (χ1) is 9.74. The van der Waals surface area contributed by atoms with Crippen LogP contribution >= 0.6 is 11.3 Å². The first-order valence-corrected chi connectivity index (χ1v) is 8.43. The number of hydrogen-bond acceptors (Lipinski definition) is 4. The molecule has 0 saturated carbocycles. The van der Waals surface area contributed by atoms with E-state index in [4.69, 9.17) is 5.73 Å². The summed E-state index contributed by atoms with van der Waals surface area (Å²) in [5.74, 6) is 0.958. The second-order valence-corrected chi connectivity index (χ2v) is 6.92. The summed E-state index contributed by atoms with van der Waals surface area (Å²) in [6, 6.07) is 6.54. The molecule has 0 atom stereocenters. The molecule has 0 amide bonds. The number of nitrogens with zero attached hydrogens (tertiary/aromatic N) is 2. The van der Waals surface area contributed by atoms with Crippen LogP contribution in [-0.4, -0.2) is 23.0 Å². The number of nitrogens with two attached hydrogens (primary N) is 1. The summed E-state index contributed by atoms with van der Waals surface area (Å²) >= 11 is 1.58. The first kappa shape index (κ1) is 13.8. The molecule has 0 aliphatic carbocycles. The number of benzene rings is 1. The van der Waals surface area contributed by atoms with E-state index in [0.29, 0.717) is 5.13 Å². The molecule has 0 radical (unpaired) electrons. The van der Waals surface area contributed by atoms with Gasteiger partial charge in [-0.1, -0.05) is 37.2 Å². The Morgan fingerprint density at radius 2 is 2.15 bits per heavy atom. The van der Waals surface area contributed by atoms with Gasteiger partial charge in [-0.15, -0.1) is 0 Å². The highest BCUT2D eigenvalue weighted by atomic mass is 32.1. The molecule has 2 heterocycles. The molecule has 1 aromatic carbocycles. The molecular formula is C16H23N3S. The van der Waals surface area contributed by atoms with Crippen LogP contribution < -0.4 is 5.73 Å². The molecule has 3 nitrogen and oxygen atoms in total. The molecule has 2 N–H and O–H groups in total. The van der Waals surface area contributed by atoms with Crippen LogP contribution in [0.5, 0.6) is 0 Å². The van der Waals surface area contributed by atoms with Crippen LogP contribution in [0.15, 0.2) is 18.2 Å². The molecule has 1 aliphatic rings. The van der Waals surface area contributed by atoms with Crippen molar-refractivity contribution in [2.75, 3.05) is 18.8 Å². The lowest BCUT2D eigenvalue weighted by Gasteiger charge is -2.31. The Morgan fingerprint density at radius 1 is 1.35 bits per heavy atom. The highest BCUT2D eigenvalue weighted by Crippen LogP contribution is 2.26. The van der Waals surface area contributed by atoms with E-state index >= 15 is 0 Å². The van der Waals surface area contributed by atoms with E-state index in [9.17, 15) is 0 Å². The summed E-state index contributed by atoms with van der Waals surface area (Å²) in [6.07, 6.45) is 5.46. The zero-order valence-electron chi connectivity index (χ0n) is 12.1. The lowest BCUT2D eigenvalue weighted by molar-refractivity contribution is 0.172. The van der Waals surface area contributed by atoms with E-state index in [0.717, 1.165) is 18.0 Å². The third kappa shape index (κ3) is 3.13. The molecule has 20 heavy (non-hydrogen) atoms.